The predicted octanol–water partition coefficient (Wildman–Crippen LogP) is 4.65. The minimum absolute atomic E-state index is 0.596. The van der Waals surface area contributed by atoms with Crippen LogP contribution in [0, 0.1) is 17.8 Å². The Bertz CT molecular complexity index is 447. The van der Waals surface area contributed by atoms with Gasteiger partial charge in [-0.15, -0.1) is 0 Å². The Kier molecular flexibility index (Phi) is 3.34. The molecule has 20 heavy (non-hydrogen) atoms. The quantitative estimate of drug-likeness (QED) is 0.839. The standard InChI is InChI=1S/C19H27N/c1-20-19(18-16-7-2-3-8-17(16)18)15-11-9-14(10-12-15)13-5-4-6-13/h9-13,16-20H,2-8H2,1H3. The van der Waals surface area contributed by atoms with Gasteiger partial charge in [-0.05, 0) is 67.5 Å². The van der Waals surface area contributed by atoms with Crippen LogP contribution in [0.25, 0.3) is 0 Å². The lowest BCUT2D eigenvalue weighted by molar-refractivity contribution is 0.419. The summed E-state index contributed by atoms with van der Waals surface area (Å²) in [5.41, 5.74) is 3.10. The summed E-state index contributed by atoms with van der Waals surface area (Å²) in [5, 5.41) is 3.61. The first-order chi connectivity index (χ1) is 9.88. The Labute approximate surface area is 123 Å². The van der Waals surface area contributed by atoms with Crippen molar-refractivity contribution in [2.24, 2.45) is 17.8 Å². The monoisotopic (exact) mass is 269 g/mol. The maximum atomic E-state index is 3.61. The van der Waals surface area contributed by atoms with Gasteiger partial charge in [-0.3, -0.25) is 0 Å². The van der Waals surface area contributed by atoms with E-state index in [1.54, 1.807) is 5.56 Å². The van der Waals surface area contributed by atoms with Gasteiger partial charge in [-0.1, -0.05) is 43.5 Å². The zero-order valence-corrected chi connectivity index (χ0v) is 12.6. The van der Waals surface area contributed by atoms with E-state index >= 15 is 0 Å². The van der Waals surface area contributed by atoms with Crippen LogP contribution in [0.4, 0.5) is 0 Å². The molecule has 1 aromatic carbocycles. The van der Waals surface area contributed by atoms with Crippen molar-refractivity contribution in [3.05, 3.63) is 35.4 Å². The molecule has 0 heterocycles. The van der Waals surface area contributed by atoms with Gasteiger partial charge >= 0.3 is 0 Å². The van der Waals surface area contributed by atoms with Crippen LogP contribution in [0.2, 0.25) is 0 Å². The number of fused-ring (bicyclic) bond motifs is 1. The number of nitrogens with one attached hydrogen (secondary N) is 1. The Morgan fingerprint density at radius 1 is 0.900 bits per heavy atom. The minimum atomic E-state index is 0.596. The highest BCUT2D eigenvalue weighted by Gasteiger charge is 2.53. The van der Waals surface area contributed by atoms with Crippen molar-refractivity contribution in [2.45, 2.75) is 56.9 Å². The summed E-state index contributed by atoms with van der Waals surface area (Å²) in [7, 11) is 2.15. The molecule has 0 aromatic heterocycles. The average Bonchev–Trinajstić information content (AvgIpc) is 3.14. The molecule has 3 atom stereocenters. The van der Waals surface area contributed by atoms with Crippen LogP contribution >= 0.6 is 0 Å². The van der Waals surface area contributed by atoms with E-state index in [-0.39, 0.29) is 0 Å². The van der Waals surface area contributed by atoms with Gasteiger partial charge in [-0.25, -0.2) is 0 Å². The molecule has 1 aromatic rings. The van der Waals surface area contributed by atoms with Crippen molar-refractivity contribution in [3.8, 4) is 0 Å². The summed E-state index contributed by atoms with van der Waals surface area (Å²) >= 11 is 0. The Hall–Kier alpha value is -0.820. The molecule has 0 saturated heterocycles. The Morgan fingerprint density at radius 2 is 1.55 bits per heavy atom. The van der Waals surface area contributed by atoms with Crippen molar-refractivity contribution >= 4 is 0 Å². The van der Waals surface area contributed by atoms with E-state index in [0.717, 1.165) is 23.7 Å². The normalized spacial score (nSPS) is 34.1. The third kappa shape index (κ3) is 2.11. The Morgan fingerprint density at radius 3 is 2.05 bits per heavy atom. The molecule has 0 spiro atoms. The lowest BCUT2D eigenvalue weighted by Gasteiger charge is -2.26. The van der Waals surface area contributed by atoms with Crippen molar-refractivity contribution in [2.75, 3.05) is 7.05 Å². The van der Waals surface area contributed by atoms with Crippen molar-refractivity contribution < 1.29 is 0 Å². The fraction of sp³-hybridized carbons (Fsp3) is 0.684. The van der Waals surface area contributed by atoms with Crippen molar-refractivity contribution in [1.29, 1.82) is 0 Å². The van der Waals surface area contributed by atoms with E-state index < -0.39 is 0 Å². The molecular weight excluding hydrogens is 242 g/mol. The molecule has 3 aliphatic carbocycles. The minimum Gasteiger partial charge on any atom is -0.313 e. The maximum Gasteiger partial charge on any atom is 0.0351 e. The van der Waals surface area contributed by atoms with Gasteiger partial charge in [0.2, 0.25) is 0 Å². The van der Waals surface area contributed by atoms with Crippen LogP contribution in [-0.2, 0) is 0 Å². The second-order valence-electron chi connectivity index (χ2n) is 7.25. The SMILES string of the molecule is CNC(c1ccc(C2CCC2)cc1)C1C2CCCCC21. The first-order valence-corrected chi connectivity index (χ1v) is 8.65. The predicted molar refractivity (Wildman–Crippen MR) is 83.8 cm³/mol. The molecule has 4 rings (SSSR count). The number of rotatable bonds is 4. The van der Waals surface area contributed by atoms with E-state index in [4.69, 9.17) is 0 Å². The fourth-order valence-electron chi connectivity index (χ4n) is 4.84. The average molecular weight is 269 g/mol. The third-order valence-corrected chi connectivity index (χ3v) is 6.29. The fourth-order valence-corrected chi connectivity index (χ4v) is 4.84. The summed E-state index contributed by atoms with van der Waals surface area (Å²) < 4.78 is 0. The van der Waals surface area contributed by atoms with Crippen LogP contribution < -0.4 is 5.32 Å². The van der Waals surface area contributed by atoms with Gasteiger partial charge in [0.1, 0.15) is 0 Å². The molecule has 0 aliphatic heterocycles. The highest BCUT2D eigenvalue weighted by Crippen LogP contribution is 2.60. The first-order valence-electron chi connectivity index (χ1n) is 8.65. The lowest BCUT2D eigenvalue weighted by atomic mass is 9.79. The van der Waals surface area contributed by atoms with Crippen molar-refractivity contribution in [1.82, 2.24) is 5.32 Å². The molecule has 1 N–H and O–H groups in total. The number of hydrogen-bond acceptors (Lipinski definition) is 1. The van der Waals surface area contributed by atoms with Gasteiger partial charge < -0.3 is 5.32 Å². The highest BCUT2D eigenvalue weighted by molar-refractivity contribution is 5.30. The molecule has 3 aliphatic rings. The van der Waals surface area contributed by atoms with E-state index in [9.17, 15) is 0 Å². The summed E-state index contributed by atoms with van der Waals surface area (Å²) in [6, 6.07) is 10.2. The molecule has 0 radical (unpaired) electrons. The molecule has 1 nitrogen and oxygen atoms in total. The summed E-state index contributed by atoms with van der Waals surface area (Å²) in [6.07, 6.45) is 10.1. The highest BCUT2D eigenvalue weighted by atomic mass is 14.9. The van der Waals surface area contributed by atoms with Gasteiger partial charge in [0.25, 0.3) is 0 Å². The van der Waals surface area contributed by atoms with Crippen LogP contribution in [0.5, 0.6) is 0 Å². The van der Waals surface area contributed by atoms with E-state index in [2.05, 4.69) is 36.6 Å². The molecule has 0 bridgehead atoms. The van der Waals surface area contributed by atoms with Crippen LogP contribution in [-0.4, -0.2) is 7.05 Å². The zero-order chi connectivity index (χ0) is 13.5. The van der Waals surface area contributed by atoms with E-state index in [0.29, 0.717) is 6.04 Å². The number of hydrogen-bond donors (Lipinski definition) is 1. The van der Waals surface area contributed by atoms with Gasteiger partial charge in [0.05, 0.1) is 0 Å². The molecular formula is C19H27N. The smallest absolute Gasteiger partial charge is 0.0351 e. The molecule has 0 amide bonds. The zero-order valence-electron chi connectivity index (χ0n) is 12.6. The summed E-state index contributed by atoms with van der Waals surface area (Å²) in [6.45, 7) is 0. The van der Waals surface area contributed by atoms with Gasteiger partial charge in [0, 0.05) is 6.04 Å². The van der Waals surface area contributed by atoms with Crippen molar-refractivity contribution in [3.63, 3.8) is 0 Å². The second kappa shape index (κ2) is 5.18. The van der Waals surface area contributed by atoms with Gasteiger partial charge in [-0.2, -0.15) is 0 Å². The molecule has 3 fully saturated rings. The first kappa shape index (κ1) is 12.9. The maximum absolute atomic E-state index is 3.61. The van der Waals surface area contributed by atoms with Crippen LogP contribution in [0.1, 0.15) is 68.0 Å². The van der Waals surface area contributed by atoms with Crippen LogP contribution in [0.15, 0.2) is 24.3 Å². The third-order valence-electron chi connectivity index (χ3n) is 6.29. The summed E-state index contributed by atoms with van der Waals surface area (Å²) in [4.78, 5) is 0. The molecule has 3 unspecified atom stereocenters. The number of benzene rings is 1. The van der Waals surface area contributed by atoms with E-state index in [1.165, 1.54) is 50.5 Å². The van der Waals surface area contributed by atoms with Gasteiger partial charge in [0.15, 0.2) is 0 Å². The molecule has 3 saturated carbocycles. The Balaban J connectivity index is 1.49. The largest absolute Gasteiger partial charge is 0.313 e. The topological polar surface area (TPSA) is 12.0 Å². The lowest BCUT2D eigenvalue weighted by Crippen LogP contribution is -2.20. The van der Waals surface area contributed by atoms with E-state index in [1.807, 2.05) is 0 Å². The molecule has 108 valence electrons. The summed E-state index contributed by atoms with van der Waals surface area (Å²) in [5.74, 6) is 3.82. The van der Waals surface area contributed by atoms with Crippen LogP contribution in [0.3, 0.4) is 0 Å². The molecule has 1 heteroatoms. The second-order valence-corrected chi connectivity index (χ2v) is 7.25.